The molecule has 2 heterocycles. The summed E-state index contributed by atoms with van der Waals surface area (Å²) in [5, 5.41) is 25.8. The molecule has 0 saturated heterocycles. The van der Waals surface area contributed by atoms with Crippen molar-refractivity contribution < 1.29 is 28.6 Å². The third-order valence-electron chi connectivity index (χ3n) is 8.54. The van der Waals surface area contributed by atoms with Gasteiger partial charge in [-0.2, -0.15) is 10.2 Å². The van der Waals surface area contributed by atoms with Crippen molar-refractivity contribution in [2.24, 2.45) is 11.5 Å². The normalized spacial score (nSPS) is 15.8. The molecule has 0 atom stereocenters. The van der Waals surface area contributed by atoms with Crippen LogP contribution in [0.4, 0.5) is 9.59 Å². The maximum Gasteiger partial charge on any atom is 0.408 e. The lowest BCUT2D eigenvalue weighted by molar-refractivity contribution is -0.120. The molecule has 290 valence electrons. The molecule has 4 aromatic rings. The van der Waals surface area contributed by atoms with Gasteiger partial charge in [-0.3, -0.25) is 20.4 Å². The highest BCUT2D eigenvalue weighted by atomic mass is 16.6. The van der Waals surface area contributed by atoms with Crippen molar-refractivity contribution in [3.8, 4) is 0 Å². The van der Waals surface area contributed by atoms with E-state index in [2.05, 4.69) is 45.7 Å². The Labute approximate surface area is 314 Å². The first kappa shape index (κ1) is 41.1. The summed E-state index contributed by atoms with van der Waals surface area (Å²) in [6.45, 7) is 8.19. The van der Waals surface area contributed by atoms with Crippen LogP contribution in [0.3, 0.4) is 0 Å². The number of amides is 2. The van der Waals surface area contributed by atoms with E-state index in [4.69, 9.17) is 26.4 Å². The molecule has 3 fully saturated rings. The molecule has 9 N–H and O–H groups in total. The second-order valence-corrected chi connectivity index (χ2v) is 13.3. The van der Waals surface area contributed by atoms with Gasteiger partial charge in [0.2, 0.25) is 0 Å². The van der Waals surface area contributed by atoms with Gasteiger partial charge in [-0.25, -0.2) is 19.6 Å². The maximum absolute atomic E-state index is 11.9. The minimum absolute atomic E-state index is 0.0566. The quantitative estimate of drug-likeness (QED) is 0.0846. The molecule has 0 radical (unpaired) electrons. The van der Waals surface area contributed by atoms with Crippen molar-refractivity contribution in [3.05, 3.63) is 95.1 Å². The molecule has 17 heteroatoms. The number of nitrogens with zero attached hydrogens (tertiary/aromatic N) is 4. The molecule has 17 nitrogen and oxygen atoms in total. The summed E-state index contributed by atoms with van der Waals surface area (Å²) in [5.74, 6) is 3.13. The van der Waals surface area contributed by atoms with Gasteiger partial charge in [-0.15, -0.1) is 0 Å². The number of aromatic amines is 2. The van der Waals surface area contributed by atoms with E-state index in [9.17, 15) is 14.4 Å². The largest absolute Gasteiger partial charge is 0.482 e. The van der Waals surface area contributed by atoms with E-state index in [1.54, 1.807) is 6.92 Å². The van der Waals surface area contributed by atoms with E-state index in [1.807, 2.05) is 81.4 Å². The van der Waals surface area contributed by atoms with E-state index < -0.39 is 23.3 Å². The number of nitrogens with one attached hydrogen (secondary N) is 5. The number of benzene rings is 2. The third kappa shape index (κ3) is 12.8. The molecular formula is C37H51N11O6. The van der Waals surface area contributed by atoms with E-state index in [0.717, 1.165) is 54.3 Å². The minimum Gasteiger partial charge on any atom is -0.482 e. The molecule has 0 spiro atoms. The van der Waals surface area contributed by atoms with Gasteiger partial charge in [0.1, 0.15) is 35.9 Å². The number of ketones is 1. The number of aromatic nitrogens is 6. The molecular weight excluding hydrogens is 694 g/mol. The Morgan fingerprint density at radius 1 is 0.759 bits per heavy atom. The summed E-state index contributed by atoms with van der Waals surface area (Å²) < 4.78 is 14.9. The van der Waals surface area contributed by atoms with E-state index in [-0.39, 0.29) is 37.0 Å². The Kier molecular flexibility index (Phi) is 14.4. The zero-order chi connectivity index (χ0) is 39.2. The van der Waals surface area contributed by atoms with Crippen LogP contribution < -0.4 is 22.1 Å². The Bertz CT molecular complexity index is 1820. The summed E-state index contributed by atoms with van der Waals surface area (Å²) >= 11 is 0. The number of H-pyrrole nitrogens is 2. The van der Waals surface area contributed by atoms with Crippen LogP contribution in [0.2, 0.25) is 0 Å². The van der Waals surface area contributed by atoms with Crippen molar-refractivity contribution in [1.29, 1.82) is 5.41 Å². The average molecular weight is 746 g/mol. The summed E-state index contributed by atoms with van der Waals surface area (Å²) in [6.07, 6.45) is 3.99. The maximum atomic E-state index is 11.9. The van der Waals surface area contributed by atoms with Crippen LogP contribution >= 0.6 is 0 Å². The molecule has 7 rings (SSSR count). The summed E-state index contributed by atoms with van der Waals surface area (Å²) in [4.78, 5) is 43.4. The molecule has 3 saturated carbocycles. The first-order valence-corrected chi connectivity index (χ1v) is 17.8. The van der Waals surface area contributed by atoms with Gasteiger partial charge in [-0.05, 0) is 70.4 Å². The molecule has 0 unspecified atom stereocenters. The predicted octanol–water partition coefficient (Wildman–Crippen LogP) is 4.08. The van der Waals surface area contributed by atoms with Gasteiger partial charge in [-0.1, -0.05) is 60.7 Å². The van der Waals surface area contributed by atoms with Crippen LogP contribution in [0.1, 0.15) is 86.8 Å². The third-order valence-corrected chi connectivity index (χ3v) is 8.54. The number of carbonyl (C=O) groups excluding carboxylic acids is 3. The number of hydrogen-bond donors (Lipinski definition) is 7. The van der Waals surface area contributed by atoms with Crippen molar-refractivity contribution in [3.63, 3.8) is 0 Å². The number of hydrogen-bond acceptors (Lipinski definition) is 13. The second-order valence-electron chi connectivity index (χ2n) is 13.3. The Morgan fingerprint density at radius 3 is 1.59 bits per heavy atom. The SMILES string of the molecule is CCOC(C)=N.Cc1nc(C2(N)CC2)n[nH]1.Cc1nc(C2(NC(=O)OCc3ccccc3)CC2)n[nH]1.NCC(=O)C1(NC(=O)OCc2ccccc2)CC1. The molecule has 0 bridgehead atoms. The van der Waals surface area contributed by atoms with Crippen molar-refractivity contribution in [2.45, 2.75) is 96.1 Å². The lowest BCUT2D eigenvalue weighted by atomic mass is 10.1. The lowest BCUT2D eigenvalue weighted by Crippen LogP contribution is -2.45. The van der Waals surface area contributed by atoms with Gasteiger partial charge in [0.15, 0.2) is 23.3 Å². The van der Waals surface area contributed by atoms with Gasteiger partial charge in [0.25, 0.3) is 0 Å². The number of ether oxygens (including phenoxy) is 3. The Morgan fingerprint density at radius 2 is 1.24 bits per heavy atom. The Hall–Kier alpha value is -5.68. The zero-order valence-corrected chi connectivity index (χ0v) is 31.2. The number of aryl methyl sites for hydroxylation is 2. The van der Waals surface area contributed by atoms with E-state index >= 15 is 0 Å². The van der Waals surface area contributed by atoms with Crippen molar-refractivity contribution >= 4 is 23.9 Å². The number of carbonyl (C=O) groups is 3. The van der Waals surface area contributed by atoms with Crippen LogP contribution in [-0.2, 0) is 43.3 Å². The van der Waals surface area contributed by atoms with Gasteiger partial charge in [0, 0.05) is 6.92 Å². The van der Waals surface area contributed by atoms with E-state index in [1.165, 1.54) is 0 Å². The van der Waals surface area contributed by atoms with Crippen LogP contribution in [0, 0.1) is 19.3 Å². The highest BCUT2D eigenvalue weighted by Gasteiger charge is 2.51. The monoisotopic (exact) mass is 745 g/mol. The minimum atomic E-state index is -0.761. The Balaban J connectivity index is 0.000000174. The predicted molar refractivity (Wildman–Crippen MR) is 199 cm³/mol. The molecule has 3 aliphatic rings. The molecule has 2 aromatic carbocycles. The average Bonchev–Trinajstić information content (AvgIpc) is 4.14. The van der Waals surface area contributed by atoms with Crippen LogP contribution in [0.5, 0.6) is 0 Å². The second kappa shape index (κ2) is 18.9. The van der Waals surface area contributed by atoms with Gasteiger partial charge in [0.05, 0.1) is 18.7 Å². The topological polar surface area (TPSA) is 262 Å². The molecule has 2 amide bonds. The van der Waals surface area contributed by atoms with Gasteiger partial charge >= 0.3 is 12.2 Å². The first-order chi connectivity index (χ1) is 25.8. The zero-order valence-electron chi connectivity index (χ0n) is 31.2. The van der Waals surface area contributed by atoms with Crippen LogP contribution in [0.25, 0.3) is 0 Å². The molecule has 54 heavy (non-hydrogen) atoms. The van der Waals surface area contributed by atoms with E-state index in [0.29, 0.717) is 25.3 Å². The van der Waals surface area contributed by atoms with Crippen molar-refractivity contribution in [1.82, 2.24) is 41.0 Å². The molecule has 2 aromatic heterocycles. The fraction of sp³-hybridized carbons (Fsp3) is 0.459. The highest BCUT2D eigenvalue weighted by molar-refractivity contribution is 5.95. The number of nitrogens with two attached hydrogens (primary N) is 2. The highest BCUT2D eigenvalue weighted by Crippen LogP contribution is 2.44. The van der Waals surface area contributed by atoms with Gasteiger partial charge < -0.3 is 36.3 Å². The fourth-order valence-electron chi connectivity index (χ4n) is 4.93. The lowest BCUT2D eigenvalue weighted by Gasteiger charge is -2.15. The summed E-state index contributed by atoms with van der Waals surface area (Å²) in [5.41, 5.74) is 11.6. The number of rotatable bonds is 11. The smallest absolute Gasteiger partial charge is 0.408 e. The molecule has 3 aliphatic carbocycles. The standard InChI is InChI=1S/C14H16N4O2.C13H16N2O3.C6H10N4.C4H9NO/c1-10-15-12(18-17-10)14(7-8-14)16-13(19)20-9-11-5-3-2-4-6-11;14-8-11(16)13(6-7-13)15-12(17)18-9-10-4-2-1-3-5-10;1-4-8-5(10-9-4)6(7)2-3-6;1-3-6-4(2)5/h2-6H,7-9H2,1H3,(H,16,19)(H,15,17,18);1-5H,6-9,14H2,(H,15,17);2-3,7H2,1H3,(H,8,9,10);5H,3H2,1-2H3. The summed E-state index contributed by atoms with van der Waals surface area (Å²) in [6, 6.07) is 18.9. The van der Waals surface area contributed by atoms with Crippen LogP contribution in [0.15, 0.2) is 60.7 Å². The fourth-order valence-corrected chi connectivity index (χ4v) is 4.93. The van der Waals surface area contributed by atoms with Crippen molar-refractivity contribution in [2.75, 3.05) is 13.2 Å². The number of Topliss-reactive ketones (excluding diaryl/α,β-unsaturated/α-hetero) is 1. The first-order valence-electron chi connectivity index (χ1n) is 17.8. The molecule has 0 aliphatic heterocycles. The van der Waals surface area contributed by atoms with Crippen LogP contribution in [-0.4, -0.2) is 72.9 Å². The number of alkyl carbamates (subject to hydrolysis) is 2. The summed E-state index contributed by atoms with van der Waals surface area (Å²) in [7, 11) is 0.